The summed E-state index contributed by atoms with van der Waals surface area (Å²) < 4.78 is 106. The summed E-state index contributed by atoms with van der Waals surface area (Å²) in [5.74, 6) is -0.127. The van der Waals surface area contributed by atoms with Gasteiger partial charge in [0.25, 0.3) is 0 Å². The van der Waals surface area contributed by atoms with Crippen molar-refractivity contribution in [2.24, 2.45) is 5.41 Å². The third-order valence-corrected chi connectivity index (χ3v) is 7.38. The van der Waals surface area contributed by atoms with Gasteiger partial charge in [-0.1, -0.05) is 0 Å². The highest BCUT2D eigenvalue weighted by Gasteiger charge is 2.72. The van der Waals surface area contributed by atoms with Crippen LogP contribution in [0.25, 0.3) is 0 Å². The number of pyridine rings is 1. The number of halogens is 6. The molecule has 0 unspecified atom stereocenters. The van der Waals surface area contributed by atoms with E-state index < -0.39 is 47.3 Å². The van der Waals surface area contributed by atoms with E-state index in [4.69, 9.17) is 0 Å². The van der Waals surface area contributed by atoms with E-state index in [1.54, 1.807) is 0 Å². The number of likely N-dealkylation sites (N-methyl/N-ethyl adjacent to an activating group) is 1. The number of hydrogen-bond acceptors (Lipinski definition) is 5. The Hall–Kier alpha value is -1.60. The maximum Gasteiger partial charge on any atom is 0.404 e. The van der Waals surface area contributed by atoms with Crippen LogP contribution >= 0.6 is 0 Å². The predicted octanol–water partition coefficient (Wildman–Crippen LogP) is 2.34. The Balaban J connectivity index is 1.79. The zero-order chi connectivity index (χ0) is 21.7. The first-order chi connectivity index (χ1) is 13.3. The minimum absolute atomic E-state index is 0.127. The van der Waals surface area contributed by atoms with E-state index in [0.29, 0.717) is 13.1 Å². The van der Waals surface area contributed by atoms with Crippen molar-refractivity contribution in [3.63, 3.8) is 0 Å². The summed E-state index contributed by atoms with van der Waals surface area (Å²) in [4.78, 5) is 6.54. The predicted molar refractivity (Wildman–Crippen MR) is 91.9 cm³/mol. The van der Waals surface area contributed by atoms with Crippen molar-refractivity contribution in [1.29, 1.82) is 0 Å². The number of piperazine rings is 1. The summed E-state index contributed by atoms with van der Waals surface area (Å²) in [5.41, 5.74) is -3.83. The molecular weight excluding hydrogens is 426 g/mol. The van der Waals surface area contributed by atoms with Gasteiger partial charge in [-0.25, -0.2) is 13.4 Å². The van der Waals surface area contributed by atoms with E-state index in [0.717, 1.165) is 23.2 Å². The van der Waals surface area contributed by atoms with Gasteiger partial charge < -0.3 is 9.80 Å². The number of rotatable bonds is 3. The van der Waals surface area contributed by atoms with Crippen LogP contribution in [0.1, 0.15) is 6.42 Å². The normalized spacial score (nSPS) is 22.2. The average molecular weight is 446 g/mol. The Bertz CT molecular complexity index is 818. The number of aromatic nitrogens is 1. The summed E-state index contributed by atoms with van der Waals surface area (Å²) in [6.45, 7) is -0.127. The minimum atomic E-state index is -5.45. The maximum atomic E-state index is 13.2. The highest BCUT2D eigenvalue weighted by Crippen LogP contribution is 2.55. The second kappa shape index (κ2) is 7.27. The Labute approximate surface area is 164 Å². The minimum Gasteiger partial charge on any atom is -0.355 e. The number of hydrogen-bond donors (Lipinski definition) is 0. The molecule has 2 aliphatic rings. The lowest BCUT2D eigenvalue weighted by Gasteiger charge is -2.33. The molecule has 164 valence electrons. The van der Waals surface area contributed by atoms with Crippen LogP contribution in [-0.4, -0.2) is 81.3 Å². The number of sulfonamides is 1. The van der Waals surface area contributed by atoms with Crippen molar-refractivity contribution in [2.75, 3.05) is 51.2 Å². The van der Waals surface area contributed by atoms with Gasteiger partial charge in [-0.05, 0) is 25.6 Å². The Kier molecular flexibility index (Phi) is 5.54. The smallest absolute Gasteiger partial charge is 0.355 e. The molecule has 0 atom stereocenters. The molecule has 2 fully saturated rings. The third kappa shape index (κ3) is 3.91. The standard InChI is InChI=1S/C16H20F6N4O2S/c1-24-6-8-26(9-7-24)29(27,28)12-2-3-13(23-10-12)25-5-4-14(11-25,15(17,18)19)16(20,21)22/h2-3,10H,4-9,11H2,1H3. The molecule has 0 spiro atoms. The monoisotopic (exact) mass is 446 g/mol. The quantitative estimate of drug-likeness (QED) is 0.668. The summed E-state index contributed by atoms with van der Waals surface area (Å²) in [6.07, 6.45) is -11.1. The van der Waals surface area contributed by atoms with Crippen molar-refractivity contribution in [3.05, 3.63) is 18.3 Å². The molecule has 0 N–H and O–H groups in total. The first-order valence-electron chi connectivity index (χ1n) is 8.81. The van der Waals surface area contributed by atoms with Crippen LogP contribution in [0.4, 0.5) is 32.2 Å². The van der Waals surface area contributed by atoms with Crippen molar-refractivity contribution in [2.45, 2.75) is 23.7 Å². The molecule has 0 amide bonds. The lowest BCUT2D eigenvalue weighted by atomic mass is 9.85. The summed E-state index contributed by atoms with van der Waals surface area (Å²) in [6, 6.07) is 2.31. The maximum absolute atomic E-state index is 13.2. The van der Waals surface area contributed by atoms with Gasteiger partial charge in [-0.2, -0.15) is 30.6 Å². The molecule has 2 saturated heterocycles. The van der Waals surface area contributed by atoms with Crippen molar-refractivity contribution >= 4 is 15.8 Å². The summed E-state index contributed by atoms with van der Waals surface area (Å²) in [7, 11) is -1.97. The molecule has 29 heavy (non-hydrogen) atoms. The van der Waals surface area contributed by atoms with Gasteiger partial charge in [0, 0.05) is 45.5 Å². The van der Waals surface area contributed by atoms with Gasteiger partial charge in [0.05, 0.1) is 0 Å². The molecule has 0 aromatic carbocycles. The first-order valence-corrected chi connectivity index (χ1v) is 10.3. The van der Waals surface area contributed by atoms with Crippen LogP contribution < -0.4 is 4.90 Å². The van der Waals surface area contributed by atoms with Gasteiger partial charge in [0.2, 0.25) is 10.0 Å². The molecule has 3 heterocycles. The fraction of sp³-hybridized carbons (Fsp3) is 0.688. The van der Waals surface area contributed by atoms with Gasteiger partial charge >= 0.3 is 12.4 Å². The van der Waals surface area contributed by atoms with Crippen molar-refractivity contribution in [3.8, 4) is 0 Å². The average Bonchev–Trinajstić information content (AvgIpc) is 3.09. The molecule has 1 aromatic heterocycles. The highest BCUT2D eigenvalue weighted by atomic mass is 32.2. The van der Waals surface area contributed by atoms with Gasteiger partial charge in [-0.3, -0.25) is 0 Å². The summed E-state index contributed by atoms with van der Waals surface area (Å²) in [5, 5.41) is 0. The van der Waals surface area contributed by atoms with E-state index in [1.807, 2.05) is 11.9 Å². The van der Waals surface area contributed by atoms with Crippen molar-refractivity contribution in [1.82, 2.24) is 14.2 Å². The molecule has 0 saturated carbocycles. The Morgan fingerprint density at radius 1 is 0.966 bits per heavy atom. The van der Waals surface area contributed by atoms with E-state index >= 15 is 0 Å². The molecule has 6 nitrogen and oxygen atoms in total. The molecule has 3 rings (SSSR count). The topological polar surface area (TPSA) is 56.8 Å². The lowest BCUT2D eigenvalue weighted by molar-refractivity contribution is -0.332. The third-order valence-electron chi connectivity index (χ3n) is 5.50. The zero-order valence-electron chi connectivity index (χ0n) is 15.5. The van der Waals surface area contributed by atoms with Crippen LogP contribution in [-0.2, 0) is 10.0 Å². The Morgan fingerprint density at radius 2 is 1.55 bits per heavy atom. The molecular formula is C16H20F6N4O2S. The molecule has 1 aromatic rings. The van der Waals surface area contributed by atoms with Crippen LogP contribution in [0.2, 0.25) is 0 Å². The van der Waals surface area contributed by atoms with E-state index in [-0.39, 0.29) is 23.8 Å². The van der Waals surface area contributed by atoms with Crippen LogP contribution in [0, 0.1) is 5.41 Å². The SMILES string of the molecule is CN1CCN(S(=O)(=O)c2ccc(N3CCC(C(F)(F)F)(C(F)(F)F)C3)nc2)CC1. The highest BCUT2D eigenvalue weighted by molar-refractivity contribution is 7.89. The number of anilines is 1. The molecule has 0 bridgehead atoms. The Morgan fingerprint density at radius 3 is 2.00 bits per heavy atom. The molecule has 0 aliphatic carbocycles. The fourth-order valence-electron chi connectivity index (χ4n) is 3.52. The van der Waals surface area contributed by atoms with E-state index in [1.165, 1.54) is 4.31 Å². The molecule has 2 aliphatic heterocycles. The van der Waals surface area contributed by atoms with Gasteiger partial charge in [0.1, 0.15) is 10.7 Å². The first kappa shape index (κ1) is 22.1. The van der Waals surface area contributed by atoms with Crippen LogP contribution in [0.3, 0.4) is 0 Å². The molecule has 13 heteroatoms. The zero-order valence-corrected chi connectivity index (χ0v) is 16.3. The fourth-order valence-corrected chi connectivity index (χ4v) is 4.89. The van der Waals surface area contributed by atoms with Crippen LogP contribution in [0.5, 0.6) is 0 Å². The lowest BCUT2D eigenvalue weighted by Crippen LogP contribution is -2.51. The van der Waals surface area contributed by atoms with Crippen molar-refractivity contribution < 1.29 is 34.8 Å². The number of nitrogens with zero attached hydrogens (tertiary/aromatic N) is 4. The van der Waals surface area contributed by atoms with Gasteiger partial charge in [-0.15, -0.1) is 0 Å². The van der Waals surface area contributed by atoms with Crippen LogP contribution in [0.15, 0.2) is 23.2 Å². The summed E-state index contributed by atoms with van der Waals surface area (Å²) >= 11 is 0. The van der Waals surface area contributed by atoms with Gasteiger partial charge in [0.15, 0.2) is 5.41 Å². The van der Waals surface area contributed by atoms with E-state index in [2.05, 4.69) is 4.98 Å². The largest absolute Gasteiger partial charge is 0.404 e. The second-order valence-electron chi connectivity index (χ2n) is 7.31. The number of alkyl halides is 6. The second-order valence-corrected chi connectivity index (χ2v) is 9.25. The molecule has 0 radical (unpaired) electrons. The van der Waals surface area contributed by atoms with E-state index in [9.17, 15) is 34.8 Å².